The van der Waals surface area contributed by atoms with Crippen molar-refractivity contribution in [3.63, 3.8) is 0 Å². The molecule has 6 N–H and O–H groups in total. The van der Waals surface area contributed by atoms with Gasteiger partial charge in [0.2, 0.25) is 6.29 Å². The van der Waals surface area contributed by atoms with E-state index in [1.807, 2.05) is 0 Å². The number of phosphoric ester groups is 1. The van der Waals surface area contributed by atoms with Crippen LogP contribution in [0.2, 0.25) is 0 Å². The highest BCUT2D eigenvalue weighted by molar-refractivity contribution is 7.46. The molecule has 0 saturated carbocycles. The predicted molar refractivity (Wildman–Crippen MR) is 89.9 cm³/mol. The van der Waals surface area contributed by atoms with Crippen LogP contribution in [0, 0.1) is 0 Å². The maximum atomic E-state index is 12.2. The molecule has 0 radical (unpaired) electrons. The van der Waals surface area contributed by atoms with E-state index >= 15 is 0 Å². The number of aliphatic hydroxyl groups excluding tert-OH is 2. The number of nitrogens with zero attached hydrogens (tertiary/aromatic N) is 3. The number of aliphatic hydroxyl groups is 2. The molecule has 1 unspecified atom stereocenters. The van der Waals surface area contributed by atoms with Crippen molar-refractivity contribution in [2.45, 2.75) is 30.8 Å². The van der Waals surface area contributed by atoms with Gasteiger partial charge in [-0.25, -0.2) is 13.9 Å². The lowest BCUT2D eigenvalue weighted by atomic mass is 10.1. The van der Waals surface area contributed by atoms with Gasteiger partial charge in [-0.15, -0.1) is 4.67 Å². The van der Waals surface area contributed by atoms with Crippen molar-refractivity contribution < 1.29 is 57.7 Å². The van der Waals surface area contributed by atoms with Crippen LogP contribution in [0.1, 0.15) is 6.23 Å². The van der Waals surface area contributed by atoms with Gasteiger partial charge in [0.05, 0.1) is 0 Å². The van der Waals surface area contributed by atoms with Crippen LogP contribution in [0.25, 0.3) is 0 Å². The summed E-state index contributed by atoms with van der Waals surface area (Å²) in [7, 11) is -7.38. The van der Waals surface area contributed by atoms with Crippen molar-refractivity contribution in [1.82, 2.24) is 9.55 Å². The molecule has 1 aliphatic rings. The highest BCUT2D eigenvalue weighted by Gasteiger charge is 2.51. The van der Waals surface area contributed by atoms with Crippen LogP contribution in [0.5, 0.6) is 0 Å². The molecule has 29 heavy (non-hydrogen) atoms. The van der Waals surface area contributed by atoms with Crippen LogP contribution in [0.15, 0.2) is 17.1 Å². The van der Waals surface area contributed by atoms with Crippen LogP contribution in [0.3, 0.4) is 0 Å². The molecule has 5 atom stereocenters. The molecule has 16 nitrogen and oxygen atoms in total. The summed E-state index contributed by atoms with van der Waals surface area (Å²) in [6, 6.07) is 1.38. The van der Waals surface area contributed by atoms with Gasteiger partial charge in [0.25, 0.3) is 0 Å². The number of hydrogen-bond acceptors (Lipinski definition) is 11. The van der Waals surface area contributed by atoms with Crippen molar-refractivity contribution in [3.05, 3.63) is 22.7 Å². The van der Waals surface area contributed by atoms with E-state index in [9.17, 15) is 24.1 Å². The average molecular weight is 463 g/mol. The Hall–Kier alpha value is -1.26. The Labute approximate surface area is 162 Å². The first-order chi connectivity index (χ1) is 13.2. The number of anilines is 1. The summed E-state index contributed by atoms with van der Waals surface area (Å²) in [4.78, 5) is 56.8. The molecule has 0 spiro atoms. The van der Waals surface area contributed by atoms with Crippen molar-refractivity contribution in [1.29, 1.82) is 0 Å². The Balaban J connectivity index is 2.30. The van der Waals surface area contributed by atoms with Crippen molar-refractivity contribution >= 4 is 21.5 Å². The monoisotopic (exact) mass is 463 g/mol. The molecule has 18 heteroatoms. The smallest absolute Gasteiger partial charge is 0.387 e. The molecule has 1 saturated heterocycles. The second-order valence-electron chi connectivity index (χ2n) is 5.97. The summed E-state index contributed by atoms with van der Waals surface area (Å²) < 4.78 is 35.7. The summed E-state index contributed by atoms with van der Waals surface area (Å²) in [5, 5.41) is 20.3. The molecular weight excluding hydrogens is 444 g/mol. The molecule has 2 heterocycles. The molecule has 1 aromatic heterocycles. The van der Waals surface area contributed by atoms with Gasteiger partial charge in [-0.2, -0.15) is 9.87 Å². The minimum absolute atomic E-state index is 0.275. The van der Waals surface area contributed by atoms with Gasteiger partial charge in [-0.1, -0.05) is 0 Å². The van der Waals surface area contributed by atoms with Gasteiger partial charge in [-0.3, -0.25) is 9.09 Å². The second-order valence-corrected chi connectivity index (χ2v) is 8.29. The Bertz CT molecular complexity index is 866. The standard InChI is InChI=1S/C11H19N3O13P2/c1-13(2)5-3-4-14(11(17)12-5)9-7(16)6(15)8(24-9)10(26-28(18,19)20)25-27-29(21,22)23/h3-4,6-10,15-16H,1-2H3,(H2,18,19,20)(H2,21,22,23)/t6-,7+,8-,9+,10?/m0/s1. The summed E-state index contributed by atoms with van der Waals surface area (Å²) in [6.07, 6.45) is -8.58. The van der Waals surface area contributed by atoms with E-state index < -0.39 is 52.2 Å². The van der Waals surface area contributed by atoms with Gasteiger partial charge in [0.1, 0.15) is 24.1 Å². The van der Waals surface area contributed by atoms with Gasteiger partial charge in [-0.05, 0) is 6.07 Å². The fourth-order valence-corrected chi connectivity index (χ4v) is 2.98. The molecule has 0 aromatic carbocycles. The number of rotatable bonds is 8. The number of phosphoric acid groups is 2. The number of hydrogen-bond donors (Lipinski definition) is 6. The number of ether oxygens (including phenoxy) is 1. The van der Waals surface area contributed by atoms with Gasteiger partial charge in [0.15, 0.2) is 6.23 Å². The molecule has 1 aromatic rings. The largest absolute Gasteiger partial charge is 0.496 e. The zero-order valence-corrected chi connectivity index (χ0v) is 16.6. The van der Waals surface area contributed by atoms with Crippen LogP contribution in [-0.4, -0.2) is 78.0 Å². The van der Waals surface area contributed by atoms with Crippen LogP contribution in [0.4, 0.5) is 5.82 Å². The van der Waals surface area contributed by atoms with Crippen LogP contribution < -0.4 is 10.6 Å². The quantitative estimate of drug-likeness (QED) is 0.100. The van der Waals surface area contributed by atoms with E-state index in [0.29, 0.717) is 0 Å². The molecule has 0 bridgehead atoms. The molecule has 1 fully saturated rings. The van der Waals surface area contributed by atoms with Gasteiger partial charge < -0.3 is 39.4 Å². The first kappa shape index (κ1) is 24.0. The summed E-state index contributed by atoms with van der Waals surface area (Å²) in [5.41, 5.74) is -0.895. The third kappa shape index (κ3) is 6.36. The maximum Gasteiger partial charge on any atom is 0.496 e. The number of aromatic nitrogens is 2. The highest BCUT2D eigenvalue weighted by atomic mass is 31.2. The second kappa shape index (κ2) is 8.85. The SMILES string of the molecule is CN(C)c1ccn([C@@H]2O[C@H](C(OOP(=O)(O)O)OP(=O)(O)O)[C@@H](O)[C@H]2O)c(=O)n1. The van der Waals surface area contributed by atoms with Crippen molar-refractivity contribution in [2.75, 3.05) is 19.0 Å². The zero-order valence-electron chi connectivity index (χ0n) is 14.8. The van der Waals surface area contributed by atoms with E-state index in [4.69, 9.17) is 24.3 Å². The maximum absolute atomic E-state index is 12.2. The van der Waals surface area contributed by atoms with Crippen molar-refractivity contribution in [2.24, 2.45) is 0 Å². The minimum atomic E-state index is -5.34. The molecule has 2 rings (SSSR count). The minimum Gasteiger partial charge on any atom is -0.387 e. The Kier molecular flexibility index (Phi) is 7.33. The lowest BCUT2D eigenvalue weighted by molar-refractivity contribution is -0.338. The fourth-order valence-electron chi connectivity index (χ4n) is 2.35. The van der Waals surface area contributed by atoms with E-state index in [1.54, 1.807) is 14.1 Å². The van der Waals surface area contributed by atoms with Crippen LogP contribution in [-0.2, 0) is 28.0 Å². The first-order valence-electron chi connectivity index (χ1n) is 7.62. The average Bonchev–Trinajstić information content (AvgIpc) is 2.85. The Morgan fingerprint density at radius 1 is 1.17 bits per heavy atom. The third-order valence-corrected chi connectivity index (χ3v) is 4.33. The lowest BCUT2D eigenvalue weighted by Gasteiger charge is -2.24. The Morgan fingerprint density at radius 3 is 2.28 bits per heavy atom. The molecular formula is C11H19N3O13P2. The Morgan fingerprint density at radius 2 is 1.79 bits per heavy atom. The third-order valence-electron chi connectivity index (χ3n) is 3.57. The highest BCUT2D eigenvalue weighted by Crippen LogP contribution is 2.44. The first-order valence-corrected chi connectivity index (χ1v) is 10.7. The van der Waals surface area contributed by atoms with E-state index in [1.165, 1.54) is 17.2 Å². The molecule has 1 aliphatic heterocycles. The normalized spacial score (nSPS) is 26.5. The lowest BCUT2D eigenvalue weighted by Crippen LogP contribution is -2.41. The van der Waals surface area contributed by atoms with E-state index in [0.717, 1.165) is 4.57 Å². The summed E-state index contributed by atoms with van der Waals surface area (Å²) >= 11 is 0. The van der Waals surface area contributed by atoms with Gasteiger partial charge >= 0.3 is 21.3 Å². The van der Waals surface area contributed by atoms with Crippen molar-refractivity contribution in [3.8, 4) is 0 Å². The zero-order chi connectivity index (χ0) is 22.1. The molecule has 166 valence electrons. The molecule has 0 amide bonds. The fraction of sp³-hybridized carbons (Fsp3) is 0.636. The van der Waals surface area contributed by atoms with Crippen LogP contribution >= 0.6 is 15.6 Å². The molecule has 0 aliphatic carbocycles. The summed E-state index contributed by atoms with van der Waals surface area (Å²) in [6.45, 7) is 0. The van der Waals surface area contributed by atoms with E-state index in [-0.39, 0.29) is 5.82 Å². The summed E-state index contributed by atoms with van der Waals surface area (Å²) in [5.74, 6) is 0.275. The van der Waals surface area contributed by atoms with E-state index in [2.05, 4.69) is 19.1 Å². The van der Waals surface area contributed by atoms with Gasteiger partial charge in [0, 0.05) is 20.3 Å². The predicted octanol–water partition coefficient (Wildman–Crippen LogP) is -2.60. The topological polar surface area (TPSA) is 231 Å².